The molecule has 122 valence electrons. The molecular weight excluding hydrogens is 262 g/mol. The van der Waals surface area contributed by atoms with Crippen molar-refractivity contribution in [3.05, 3.63) is 0 Å². The summed E-state index contributed by atoms with van der Waals surface area (Å²) in [6.07, 6.45) is 8.36. The lowest BCUT2D eigenvalue weighted by Crippen LogP contribution is -2.27. The molecule has 1 rings (SSSR count). The van der Waals surface area contributed by atoms with Gasteiger partial charge in [0.15, 0.2) is 0 Å². The SMILES string of the molecule is CCC(=O)CC1CCCCN(C)CCCC[C@H](CC)C1=O. The second-order valence-corrected chi connectivity index (χ2v) is 6.60. The number of rotatable bonds is 4. The van der Waals surface area contributed by atoms with Crippen LogP contribution in [0.3, 0.4) is 0 Å². The van der Waals surface area contributed by atoms with Crippen LogP contribution in [0.4, 0.5) is 0 Å². The Morgan fingerprint density at radius 1 is 1.05 bits per heavy atom. The van der Waals surface area contributed by atoms with Crippen LogP contribution in [-0.2, 0) is 9.59 Å². The van der Waals surface area contributed by atoms with Crippen molar-refractivity contribution in [2.24, 2.45) is 11.8 Å². The highest BCUT2D eigenvalue weighted by molar-refractivity contribution is 5.89. The van der Waals surface area contributed by atoms with Crippen molar-refractivity contribution in [1.29, 1.82) is 0 Å². The maximum Gasteiger partial charge on any atom is 0.139 e. The number of hydrogen-bond donors (Lipinski definition) is 0. The first-order valence-corrected chi connectivity index (χ1v) is 8.82. The standard InChI is InChI=1S/C18H33NO2/c1-4-15-10-6-8-12-19(3)13-9-7-11-16(18(15)21)14-17(20)5-2/h15-16H,4-14H2,1-3H3/t15-,16?/m0/s1. The van der Waals surface area contributed by atoms with E-state index in [1.54, 1.807) is 0 Å². The van der Waals surface area contributed by atoms with Gasteiger partial charge in [-0.1, -0.05) is 26.7 Å². The molecule has 0 bridgehead atoms. The van der Waals surface area contributed by atoms with E-state index in [1.807, 2.05) is 6.92 Å². The molecule has 1 aliphatic heterocycles. The lowest BCUT2D eigenvalue weighted by atomic mass is 9.82. The summed E-state index contributed by atoms with van der Waals surface area (Å²) >= 11 is 0. The molecule has 1 saturated heterocycles. The fourth-order valence-corrected chi connectivity index (χ4v) is 3.30. The van der Waals surface area contributed by atoms with E-state index in [4.69, 9.17) is 0 Å². The Kier molecular flexibility index (Phi) is 8.82. The van der Waals surface area contributed by atoms with Gasteiger partial charge in [0.05, 0.1) is 0 Å². The molecule has 2 atom stereocenters. The van der Waals surface area contributed by atoms with Crippen LogP contribution in [0.15, 0.2) is 0 Å². The van der Waals surface area contributed by atoms with Crippen LogP contribution in [0.1, 0.15) is 71.6 Å². The van der Waals surface area contributed by atoms with Crippen LogP contribution >= 0.6 is 0 Å². The van der Waals surface area contributed by atoms with Crippen LogP contribution in [-0.4, -0.2) is 36.6 Å². The van der Waals surface area contributed by atoms with Crippen molar-refractivity contribution in [1.82, 2.24) is 4.90 Å². The summed E-state index contributed by atoms with van der Waals surface area (Å²) < 4.78 is 0. The van der Waals surface area contributed by atoms with Crippen LogP contribution in [0.5, 0.6) is 0 Å². The second kappa shape index (κ2) is 10.1. The highest BCUT2D eigenvalue weighted by Gasteiger charge is 2.27. The van der Waals surface area contributed by atoms with Crippen molar-refractivity contribution in [3.63, 3.8) is 0 Å². The van der Waals surface area contributed by atoms with E-state index in [2.05, 4.69) is 18.9 Å². The molecule has 0 saturated carbocycles. The third-order valence-corrected chi connectivity index (χ3v) is 4.85. The lowest BCUT2D eigenvalue weighted by molar-refractivity contribution is -0.131. The van der Waals surface area contributed by atoms with E-state index in [-0.39, 0.29) is 17.6 Å². The molecule has 1 fully saturated rings. The van der Waals surface area contributed by atoms with Gasteiger partial charge in [-0.25, -0.2) is 0 Å². The van der Waals surface area contributed by atoms with Crippen molar-refractivity contribution in [3.8, 4) is 0 Å². The molecule has 3 nitrogen and oxygen atoms in total. The third-order valence-electron chi connectivity index (χ3n) is 4.85. The Morgan fingerprint density at radius 2 is 1.62 bits per heavy atom. The molecule has 0 aliphatic carbocycles. The summed E-state index contributed by atoms with van der Waals surface area (Å²) in [7, 11) is 2.19. The van der Waals surface area contributed by atoms with Crippen molar-refractivity contribution in [2.45, 2.75) is 71.6 Å². The molecule has 21 heavy (non-hydrogen) atoms. The quantitative estimate of drug-likeness (QED) is 0.790. The van der Waals surface area contributed by atoms with Crippen molar-refractivity contribution >= 4 is 11.6 Å². The van der Waals surface area contributed by atoms with Crippen molar-refractivity contribution in [2.75, 3.05) is 20.1 Å². The number of Topliss-reactive ketones (excluding diaryl/α,β-unsaturated/α-hetero) is 2. The van der Waals surface area contributed by atoms with E-state index in [9.17, 15) is 9.59 Å². The summed E-state index contributed by atoms with van der Waals surface area (Å²) in [4.78, 5) is 26.9. The largest absolute Gasteiger partial charge is 0.306 e. The van der Waals surface area contributed by atoms with Gasteiger partial charge >= 0.3 is 0 Å². The van der Waals surface area contributed by atoms with Gasteiger partial charge in [0.2, 0.25) is 0 Å². The average molecular weight is 295 g/mol. The fourth-order valence-electron chi connectivity index (χ4n) is 3.30. The molecule has 1 heterocycles. The van der Waals surface area contributed by atoms with Crippen LogP contribution in [0.2, 0.25) is 0 Å². The summed E-state index contributed by atoms with van der Waals surface area (Å²) in [6, 6.07) is 0. The first-order valence-electron chi connectivity index (χ1n) is 8.82. The average Bonchev–Trinajstić information content (AvgIpc) is 2.48. The highest BCUT2D eigenvalue weighted by atomic mass is 16.1. The molecule has 0 aromatic rings. The molecular formula is C18H33NO2. The molecule has 1 unspecified atom stereocenters. The molecule has 1 aliphatic rings. The molecule has 0 aromatic heterocycles. The first-order chi connectivity index (χ1) is 10.1. The fraction of sp³-hybridized carbons (Fsp3) is 0.889. The predicted octanol–water partition coefficient (Wildman–Crippen LogP) is 3.85. The van der Waals surface area contributed by atoms with E-state index in [1.165, 1.54) is 6.42 Å². The van der Waals surface area contributed by atoms with E-state index < -0.39 is 0 Å². The van der Waals surface area contributed by atoms with Gasteiger partial charge in [-0.2, -0.15) is 0 Å². The Bertz CT molecular complexity index is 327. The minimum atomic E-state index is -0.0212. The second-order valence-electron chi connectivity index (χ2n) is 6.60. The Hall–Kier alpha value is -0.700. The molecule has 0 aromatic carbocycles. The van der Waals surface area contributed by atoms with Gasteiger partial charge < -0.3 is 4.90 Å². The monoisotopic (exact) mass is 295 g/mol. The zero-order chi connectivity index (χ0) is 15.7. The third kappa shape index (κ3) is 6.73. The number of carbonyl (C=O) groups is 2. The topological polar surface area (TPSA) is 37.4 Å². The summed E-state index contributed by atoms with van der Waals surface area (Å²) in [6.45, 7) is 6.26. The van der Waals surface area contributed by atoms with Gasteiger partial charge in [-0.15, -0.1) is 0 Å². The van der Waals surface area contributed by atoms with Crippen LogP contribution < -0.4 is 0 Å². The van der Waals surface area contributed by atoms with Gasteiger partial charge in [0.25, 0.3) is 0 Å². The number of hydrogen-bond acceptors (Lipinski definition) is 3. The Balaban J connectivity index is 2.70. The molecule has 3 heteroatoms. The Labute approximate surface area is 130 Å². The number of carbonyl (C=O) groups excluding carboxylic acids is 2. The molecule has 0 amide bonds. The summed E-state index contributed by atoms with van der Waals surface area (Å²) in [5, 5.41) is 0. The first kappa shape index (κ1) is 18.3. The van der Waals surface area contributed by atoms with Gasteiger partial charge in [0, 0.05) is 24.7 Å². The number of nitrogens with zero attached hydrogens (tertiary/aromatic N) is 1. The van der Waals surface area contributed by atoms with Gasteiger partial charge in [-0.3, -0.25) is 9.59 Å². The van der Waals surface area contributed by atoms with Gasteiger partial charge in [0.1, 0.15) is 11.6 Å². The zero-order valence-electron chi connectivity index (χ0n) is 14.2. The smallest absolute Gasteiger partial charge is 0.139 e. The Morgan fingerprint density at radius 3 is 2.14 bits per heavy atom. The van der Waals surface area contributed by atoms with Crippen molar-refractivity contribution < 1.29 is 9.59 Å². The van der Waals surface area contributed by atoms with E-state index in [0.29, 0.717) is 18.6 Å². The maximum atomic E-state index is 12.7. The van der Waals surface area contributed by atoms with E-state index >= 15 is 0 Å². The normalized spacial score (nSPS) is 26.9. The predicted molar refractivity (Wildman–Crippen MR) is 87.4 cm³/mol. The van der Waals surface area contributed by atoms with E-state index in [0.717, 1.165) is 51.6 Å². The highest BCUT2D eigenvalue weighted by Crippen LogP contribution is 2.25. The van der Waals surface area contributed by atoms with Crippen LogP contribution in [0, 0.1) is 11.8 Å². The zero-order valence-corrected chi connectivity index (χ0v) is 14.2. The summed E-state index contributed by atoms with van der Waals surface area (Å²) in [5.74, 6) is 0.761. The lowest BCUT2D eigenvalue weighted by Gasteiger charge is -2.24. The minimum absolute atomic E-state index is 0.0212. The maximum absolute atomic E-state index is 12.7. The van der Waals surface area contributed by atoms with Crippen LogP contribution in [0.25, 0.3) is 0 Å². The molecule has 0 radical (unpaired) electrons. The number of ketones is 2. The van der Waals surface area contributed by atoms with Gasteiger partial charge in [-0.05, 0) is 52.2 Å². The molecule has 0 spiro atoms. The summed E-state index contributed by atoms with van der Waals surface area (Å²) in [5.41, 5.74) is 0. The molecule has 0 N–H and O–H groups in total. The minimum Gasteiger partial charge on any atom is -0.306 e.